The number of anilines is 3. The molecular weight excluding hydrogens is 278 g/mol. The molecule has 0 bridgehead atoms. The second-order valence-corrected chi connectivity index (χ2v) is 5.23. The van der Waals surface area contributed by atoms with Gasteiger partial charge in [-0.25, -0.2) is 4.79 Å². The summed E-state index contributed by atoms with van der Waals surface area (Å²) in [6, 6.07) is 11.4. The van der Waals surface area contributed by atoms with E-state index in [4.69, 9.17) is 0 Å². The molecule has 1 aromatic carbocycles. The largest absolute Gasteiger partial charge is 0.339 e. The molecule has 0 atom stereocenters. The summed E-state index contributed by atoms with van der Waals surface area (Å²) in [4.78, 5) is 11.6. The van der Waals surface area contributed by atoms with Crippen molar-refractivity contribution in [3.8, 4) is 0 Å². The van der Waals surface area contributed by atoms with Gasteiger partial charge in [0, 0.05) is 11.7 Å². The van der Waals surface area contributed by atoms with Crippen LogP contribution in [0.25, 0.3) is 0 Å². The summed E-state index contributed by atoms with van der Waals surface area (Å²) in [6.07, 6.45) is 1.01. The van der Waals surface area contributed by atoms with Crippen LogP contribution in [0.1, 0.15) is 26.3 Å². The molecule has 0 unspecified atom stereocenters. The lowest BCUT2D eigenvalue weighted by molar-refractivity contribution is 0.250. The van der Waals surface area contributed by atoms with Crippen molar-refractivity contribution >= 4 is 23.4 Å². The topological polar surface area (TPSA) is 78.9 Å². The van der Waals surface area contributed by atoms with Crippen molar-refractivity contribution < 1.29 is 4.79 Å². The predicted octanol–water partition coefficient (Wildman–Crippen LogP) is 3.31. The second-order valence-electron chi connectivity index (χ2n) is 5.23. The van der Waals surface area contributed by atoms with E-state index in [9.17, 15) is 4.79 Å². The molecule has 3 N–H and O–H groups in total. The first kappa shape index (κ1) is 15.8. The monoisotopic (exact) mass is 299 g/mol. The highest BCUT2D eigenvalue weighted by molar-refractivity contribution is 5.88. The first-order chi connectivity index (χ1) is 10.6. The van der Waals surface area contributed by atoms with Gasteiger partial charge < -0.3 is 10.6 Å². The fourth-order valence-corrected chi connectivity index (χ4v) is 1.85. The standard InChI is InChI=1S/C16H21N5O/c1-4-12-5-7-13(8-6-12)18-14-9-10-15(21-20-14)19-16(22)17-11(2)3/h5-11H,4H2,1-3H3,(H,18,20)(H2,17,19,21,22). The molecule has 1 aromatic heterocycles. The minimum Gasteiger partial charge on any atom is -0.339 e. The number of carbonyl (C=O) groups is 1. The maximum absolute atomic E-state index is 11.6. The number of carbonyl (C=O) groups excluding carboxylic acids is 1. The zero-order valence-corrected chi connectivity index (χ0v) is 13.1. The van der Waals surface area contributed by atoms with Gasteiger partial charge in [0.2, 0.25) is 0 Å². The van der Waals surface area contributed by atoms with Gasteiger partial charge in [0.1, 0.15) is 0 Å². The maximum atomic E-state index is 11.6. The summed E-state index contributed by atoms with van der Waals surface area (Å²) in [7, 11) is 0. The molecular formula is C16H21N5O. The van der Waals surface area contributed by atoms with Crippen LogP contribution in [-0.2, 0) is 6.42 Å². The van der Waals surface area contributed by atoms with Crippen molar-refractivity contribution in [1.29, 1.82) is 0 Å². The number of amides is 2. The summed E-state index contributed by atoms with van der Waals surface area (Å²) >= 11 is 0. The van der Waals surface area contributed by atoms with E-state index in [1.54, 1.807) is 12.1 Å². The van der Waals surface area contributed by atoms with E-state index in [-0.39, 0.29) is 12.1 Å². The number of rotatable bonds is 5. The van der Waals surface area contributed by atoms with Crippen LogP contribution >= 0.6 is 0 Å². The molecule has 6 heteroatoms. The molecule has 22 heavy (non-hydrogen) atoms. The first-order valence-corrected chi connectivity index (χ1v) is 7.34. The van der Waals surface area contributed by atoms with E-state index in [1.807, 2.05) is 26.0 Å². The Morgan fingerprint density at radius 3 is 2.23 bits per heavy atom. The lowest BCUT2D eigenvalue weighted by Crippen LogP contribution is -2.34. The van der Waals surface area contributed by atoms with E-state index >= 15 is 0 Å². The highest BCUT2D eigenvalue weighted by atomic mass is 16.2. The van der Waals surface area contributed by atoms with Gasteiger partial charge in [0.25, 0.3) is 0 Å². The highest BCUT2D eigenvalue weighted by Gasteiger charge is 2.05. The molecule has 1 heterocycles. The third-order valence-corrected chi connectivity index (χ3v) is 2.96. The Kier molecular flexibility index (Phi) is 5.30. The Hall–Kier alpha value is -2.63. The van der Waals surface area contributed by atoms with Gasteiger partial charge in [0.15, 0.2) is 11.6 Å². The number of aryl methyl sites for hydroxylation is 1. The Morgan fingerprint density at radius 2 is 1.68 bits per heavy atom. The molecule has 2 rings (SSSR count). The van der Waals surface area contributed by atoms with Gasteiger partial charge in [-0.3, -0.25) is 5.32 Å². The molecule has 0 radical (unpaired) electrons. The summed E-state index contributed by atoms with van der Waals surface area (Å²) < 4.78 is 0. The SMILES string of the molecule is CCc1ccc(Nc2ccc(NC(=O)NC(C)C)nn2)cc1. The maximum Gasteiger partial charge on any atom is 0.320 e. The normalized spacial score (nSPS) is 10.4. The smallest absolute Gasteiger partial charge is 0.320 e. The molecule has 0 aliphatic heterocycles. The molecule has 2 amide bonds. The lowest BCUT2D eigenvalue weighted by atomic mass is 10.1. The molecule has 116 valence electrons. The van der Waals surface area contributed by atoms with Crippen molar-refractivity contribution in [2.24, 2.45) is 0 Å². The molecule has 6 nitrogen and oxygen atoms in total. The zero-order chi connectivity index (χ0) is 15.9. The molecule has 2 aromatic rings. The first-order valence-electron chi connectivity index (χ1n) is 7.34. The van der Waals surface area contributed by atoms with E-state index < -0.39 is 0 Å². The molecule has 0 aliphatic carbocycles. The minimum absolute atomic E-state index is 0.0694. The van der Waals surface area contributed by atoms with Crippen LogP contribution in [0, 0.1) is 0 Å². The Morgan fingerprint density at radius 1 is 1.05 bits per heavy atom. The van der Waals surface area contributed by atoms with Crippen molar-refractivity contribution in [1.82, 2.24) is 15.5 Å². The van der Waals surface area contributed by atoms with Crippen molar-refractivity contribution in [3.05, 3.63) is 42.0 Å². The van der Waals surface area contributed by atoms with Crippen LogP contribution in [0.15, 0.2) is 36.4 Å². The summed E-state index contributed by atoms with van der Waals surface area (Å²) in [6.45, 7) is 5.90. The van der Waals surface area contributed by atoms with Crippen LogP contribution in [0.3, 0.4) is 0 Å². The van der Waals surface area contributed by atoms with Crippen LogP contribution in [-0.4, -0.2) is 22.3 Å². The fourth-order valence-electron chi connectivity index (χ4n) is 1.85. The molecule has 0 saturated heterocycles. The third-order valence-electron chi connectivity index (χ3n) is 2.96. The van der Waals surface area contributed by atoms with E-state index in [1.165, 1.54) is 5.56 Å². The van der Waals surface area contributed by atoms with Crippen LogP contribution in [0.5, 0.6) is 0 Å². The van der Waals surface area contributed by atoms with Gasteiger partial charge in [-0.15, -0.1) is 10.2 Å². The number of urea groups is 1. The van der Waals surface area contributed by atoms with Crippen LogP contribution < -0.4 is 16.0 Å². The summed E-state index contributed by atoms with van der Waals surface area (Å²) in [5.74, 6) is 1.03. The third kappa shape index (κ3) is 4.73. The Bertz CT molecular complexity index is 607. The van der Waals surface area contributed by atoms with Gasteiger partial charge in [-0.05, 0) is 50.1 Å². The highest BCUT2D eigenvalue weighted by Crippen LogP contribution is 2.15. The number of nitrogens with one attached hydrogen (secondary N) is 3. The zero-order valence-electron chi connectivity index (χ0n) is 13.1. The van der Waals surface area contributed by atoms with E-state index in [0.29, 0.717) is 11.6 Å². The van der Waals surface area contributed by atoms with Gasteiger partial charge in [-0.1, -0.05) is 19.1 Å². The van der Waals surface area contributed by atoms with Crippen LogP contribution in [0.4, 0.5) is 22.1 Å². The molecule has 0 spiro atoms. The second kappa shape index (κ2) is 7.40. The minimum atomic E-state index is -0.292. The molecule has 0 fully saturated rings. The number of hydrogen-bond acceptors (Lipinski definition) is 4. The van der Waals surface area contributed by atoms with Gasteiger partial charge in [-0.2, -0.15) is 0 Å². The number of aromatic nitrogens is 2. The van der Waals surface area contributed by atoms with Gasteiger partial charge >= 0.3 is 6.03 Å². The fraction of sp³-hybridized carbons (Fsp3) is 0.312. The number of nitrogens with zero attached hydrogens (tertiary/aromatic N) is 2. The van der Waals surface area contributed by atoms with Crippen molar-refractivity contribution in [2.45, 2.75) is 33.2 Å². The van der Waals surface area contributed by atoms with Crippen LogP contribution in [0.2, 0.25) is 0 Å². The van der Waals surface area contributed by atoms with E-state index in [0.717, 1.165) is 12.1 Å². The number of benzene rings is 1. The van der Waals surface area contributed by atoms with Crippen molar-refractivity contribution in [3.63, 3.8) is 0 Å². The Balaban J connectivity index is 1.94. The van der Waals surface area contributed by atoms with Gasteiger partial charge in [0.05, 0.1) is 0 Å². The lowest BCUT2D eigenvalue weighted by Gasteiger charge is -2.10. The summed E-state index contributed by atoms with van der Waals surface area (Å²) in [5, 5.41) is 16.5. The van der Waals surface area contributed by atoms with E-state index in [2.05, 4.69) is 45.2 Å². The summed E-state index contributed by atoms with van der Waals surface area (Å²) in [5.41, 5.74) is 2.23. The quantitative estimate of drug-likeness (QED) is 0.791. The average molecular weight is 299 g/mol. The molecule has 0 aliphatic rings. The average Bonchev–Trinajstić information content (AvgIpc) is 2.49. The molecule has 0 saturated carbocycles. The Labute approximate surface area is 130 Å². The number of hydrogen-bond donors (Lipinski definition) is 3. The van der Waals surface area contributed by atoms with Crippen molar-refractivity contribution in [2.75, 3.05) is 10.6 Å². The predicted molar refractivity (Wildman–Crippen MR) is 88.4 cm³/mol.